The molecule has 5 nitrogen and oxygen atoms in total. The quantitative estimate of drug-likeness (QED) is 0.873. The Bertz CT molecular complexity index is 511. The first kappa shape index (κ1) is 17.4. The average molecular weight is 321 g/mol. The third-order valence-corrected chi connectivity index (χ3v) is 3.89. The lowest BCUT2D eigenvalue weighted by Crippen LogP contribution is -2.41. The molecule has 126 valence electrons. The summed E-state index contributed by atoms with van der Waals surface area (Å²) in [4.78, 5) is 25.8. The van der Waals surface area contributed by atoms with Crippen molar-refractivity contribution in [1.82, 2.24) is 10.2 Å². The van der Waals surface area contributed by atoms with E-state index in [1.165, 1.54) is 43.5 Å². The number of halogens is 1. The summed E-state index contributed by atoms with van der Waals surface area (Å²) in [6, 6.07) is 5.51. The lowest BCUT2D eigenvalue weighted by Gasteiger charge is -2.23. The van der Waals surface area contributed by atoms with Crippen LogP contribution in [0, 0.1) is 5.82 Å². The van der Waals surface area contributed by atoms with Gasteiger partial charge in [0.15, 0.2) is 0 Å². The number of likely N-dealkylation sites (tertiary alicyclic amines) is 1. The molecule has 0 atom stereocenters. The van der Waals surface area contributed by atoms with E-state index >= 15 is 0 Å². The van der Waals surface area contributed by atoms with E-state index < -0.39 is 0 Å². The van der Waals surface area contributed by atoms with E-state index in [9.17, 15) is 14.0 Å². The van der Waals surface area contributed by atoms with Crippen molar-refractivity contribution in [1.29, 1.82) is 0 Å². The second-order valence-electron chi connectivity index (χ2n) is 5.88. The van der Waals surface area contributed by atoms with Crippen molar-refractivity contribution >= 4 is 17.5 Å². The summed E-state index contributed by atoms with van der Waals surface area (Å²) in [6.07, 6.45) is 5.97. The van der Waals surface area contributed by atoms with Crippen LogP contribution in [0.4, 0.5) is 10.1 Å². The maximum absolute atomic E-state index is 12.8. The van der Waals surface area contributed by atoms with Crippen molar-refractivity contribution in [3.05, 3.63) is 30.1 Å². The van der Waals surface area contributed by atoms with Crippen molar-refractivity contribution in [3.63, 3.8) is 0 Å². The Hall–Kier alpha value is -1.95. The average Bonchev–Trinajstić information content (AvgIpc) is 2.50. The Labute approximate surface area is 136 Å². The summed E-state index contributed by atoms with van der Waals surface area (Å²) in [5.74, 6) is -0.818. The maximum atomic E-state index is 12.8. The van der Waals surface area contributed by atoms with Crippen molar-refractivity contribution in [2.24, 2.45) is 0 Å². The highest BCUT2D eigenvalue weighted by atomic mass is 19.1. The van der Waals surface area contributed by atoms with Gasteiger partial charge >= 0.3 is 0 Å². The molecule has 0 radical (unpaired) electrons. The van der Waals surface area contributed by atoms with Crippen LogP contribution in [0.15, 0.2) is 24.3 Å². The molecule has 1 heterocycles. The molecule has 1 aliphatic rings. The summed E-state index contributed by atoms with van der Waals surface area (Å²) in [5, 5.41) is 5.24. The number of nitrogens with one attached hydrogen (secondary N) is 2. The highest BCUT2D eigenvalue weighted by Crippen LogP contribution is 2.10. The number of anilines is 1. The van der Waals surface area contributed by atoms with Crippen LogP contribution in [0.5, 0.6) is 0 Å². The number of hydrogen-bond donors (Lipinski definition) is 2. The molecule has 1 aliphatic heterocycles. The van der Waals surface area contributed by atoms with Gasteiger partial charge in [-0.3, -0.25) is 14.5 Å². The molecule has 6 heteroatoms. The molecule has 2 N–H and O–H groups in total. The Balaban J connectivity index is 1.68. The van der Waals surface area contributed by atoms with Gasteiger partial charge in [-0.2, -0.15) is 0 Å². The molecule has 1 aromatic carbocycles. The van der Waals surface area contributed by atoms with E-state index in [2.05, 4.69) is 15.5 Å². The Morgan fingerprint density at radius 3 is 2.22 bits per heavy atom. The molecule has 0 unspecified atom stereocenters. The molecule has 2 rings (SSSR count). The standard InChI is InChI=1S/C17H24FN3O2/c18-14-6-8-15(9-7-14)20-16(22)12-19-17(23)13-21-10-4-2-1-3-5-11-21/h6-9H,1-5,10-13H2,(H,19,23)(H,20,22). The van der Waals surface area contributed by atoms with Gasteiger partial charge in [0.1, 0.15) is 5.82 Å². The smallest absolute Gasteiger partial charge is 0.243 e. The third kappa shape index (κ3) is 6.78. The molecule has 2 amide bonds. The van der Waals surface area contributed by atoms with Gasteiger partial charge in [0.2, 0.25) is 11.8 Å². The molecular weight excluding hydrogens is 297 g/mol. The van der Waals surface area contributed by atoms with Crippen LogP contribution in [0.25, 0.3) is 0 Å². The first-order chi connectivity index (χ1) is 11.1. The number of hydrogen-bond acceptors (Lipinski definition) is 3. The van der Waals surface area contributed by atoms with E-state index in [4.69, 9.17) is 0 Å². The number of carbonyl (C=O) groups excluding carboxylic acids is 2. The van der Waals surface area contributed by atoms with Crippen LogP contribution >= 0.6 is 0 Å². The molecule has 0 aromatic heterocycles. The van der Waals surface area contributed by atoms with Gasteiger partial charge in [0.05, 0.1) is 13.1 Å². The zero-order valence-electron chi connectivity index (χ0n) is 13.3. The number of rotatable bonds is 5. The van der Waals surface area contributed by atoms with Crippen molar-refractivity contribution < 1.29 is 14.0 Å². The van der Waals surface area contributed by atoms with Gasteiger partial charge in [-0.15, -0.1) is 0 Å². The van der Waals surface area contributed by atoms with E-state index in [0.717, 1.165) is 25.9 Å². The predicted octanol–water partition coefficient (Wildman–Crippen LogP) is 2.15. The Morgan fingerprint density at radius 2 is 1.57 bits per heavy atom. The van der Waals surface area contributed by atoms with Gasteiger partial charge in [0, 0.05) is 5.69 Å². The van der Waals surface area contributed by atoms with Crippen LogP contribution in [-0.2, 0) is 9.59 Å². The van der Waals surface area contributed by atoms with Crippen molar-refractivity contribution in [2.45, 2.75) is 32.1 Å². The molecule has 1 fully saturated rings. The Morgan fingerprint density at radius 1 is 0.957 bits per heavy atom. The lowest BCUT2D eigenvalue weighted by molar-refractivity contribution is -0.125. The zero-order valence-corrected chi connectivity index (χ0v) is 13.3. The minimum atomic E-state index is -0.357. The first-order valence-electron chi connectivity index (χ1n) is 8.18. The summed E-state index contributed by atoms with van der Waals surface area (Å²) >= 11 is 0. The second kappa shape index (κ2) is 9.25. The zero-order chi connectivity index (χ0) is 16.5. The summed E-state index contributed by atoms with van der Waals surface area (Å²) in [7, 11) is 0. The fourth-order valence-electron chi connectivity index (χ4n) is 2.65. The number of carbonyl (C=O) groups is 2. The highest BCUT2D eigenvalue weighted by molar-refractivity contribution is 5.94. The Kier molecular flexibility index (Phi) is 7.00. The monoisotopic (exact) mass is 321 g/mol. The number of nitrogens with zero attached hydrogens (tertiary/aromatic N) is 1. The molecule has 0 aliphatic carbocycles. The molecule has 0 bridgehead atoms. The van der Waals surface area contributed by atoms with Crippen LogP contribution in [0.1, 0.15) is 32.1 Å². The fourth-order valence-corrected chi connectivity index (χ4v) is 2.65. The molecule has 1 aromatic rings. The van der Waals surface area contributed by atoms with Crippen molar-refractivity contribution in [3.8, 4) is 0 Å². The number of amides is 2. The maximum Gasteiger partial charge on any atom is 0.243 e. The van der Waals surface area contributed by atoms with Gasteiger partial charge < -0.3 is 10.6 Å². The van der Waals surface area contributed by atoms with Crippen LogP contribution in [-0.4, -0.2) is 42.9 Å². The van der Waals surface area contributed by atoms with E-state index in [0.29, 0.717) is 12.2 Å². The summed E-state index contributed by atoms with van der Waals surface area (Å²) in [6.45, 7) is 2.14. The van der Waals surface area contributed by atoms with E-state index in [1.807, 2.05) is 0 Å². The SMILES string of the molecule is O=C(CN1CCCCCCC1)NCC(=O)Nc1ccc(F)cc1. The normalized spacial score (nSPS) is 16.2. The minimum absolute atomic E-state index is 0.0793. The fraction of sp³-hybridized carbons (Fsp3) is 0.529. The second-order valence-corrected chi connectivity index (χ2v) is 5.88. The summed E-state index contributed by atoms with van der Waals surface area (Å²) < 4.78 is 12.8. The van der Waals surface area contributed by atoms with Crippen LogP contribution in [0.2, 0.25) is 0 Å². The van der Waals surface area contributed by atoms with Gasteiger partial charge in [-0.25, -0.2) is 4.39 Å². The molecule has 0 spiro atoms. The molecule has 1 saturated heterocycles. The van der Waals surface area contributed by atoms with E-state index in [1.54, 1.807) is 0 Å². The molecule has 23 heavy (non-hydrogen) atoms. The first-order valence-corrected chi connectivity index (χ1v) is 8.18. The number of benzene rings is 1. The molecule has 0 saturated carbocycles. The van der Waals surface area contributed by atoms with Crippen LogP contribution in [0.3, 0.4) is 0 Å². The lowest BCUT2D eigenvalue weighted by atomic mass is 10.1. The topological polar surface area (TPSA) is 61.4 Å². The molecular formula is C17H24FN3O2. The largest absolute Gasteiger partial charge is 0.346 e. The third-order valence-electron chi connectivity index (χ3n) is 3.89. The van der Waals surface area contributed by atoms with Gasteiger partial charge in [0.25, 0.3) is 0 Å². The summed E-state index contributed by atoms with van der Waals surface area (Å²) in [5.41, 5.74) is 0.509. The van der Waals surface area contributed by atoms with E-state index in [-0.39, 0.29) is 24.2 Å². The predicted molar refractivity (Wildman–Crippen MR) is 87.6 cm³/mol. The van der Waals surface area contributed by atoms with Gasteiger partial charge in [-0.1, -0.05) is 19.3 Å². The van der Waals surface area contributed by atoms with Gasteiger partial charge in [-0.05, 0) is 50.2 Å². The van der Waals surface area contributed by atoms with Crippen LogP contribution < -0.4 is 10.6 Å². The highest BCUT2D eigenvalue weighted by Gasteiger charge is 2.13. The minimum Gasteiger partial charge on any atom is -0.346 e. The van der Waals surface area contributed by atoms with Crippen molar-refractivity contribution in [2.75, 3.05) is 31.5 Å².